The molecule has 144 valence electrons. The number of halogens is 1. The Kier molecular flexibility index (Phi) is 6.59. The number of benzene rings is 1. The van der Waals surface area contributed by atoms with Crippen molar-refractivity contribution in [1.29, 1.82) is 0 Å². The summed E-state index contributed by atoms with van der Waals surface area (Å²) in [5, 5.41) is 5.64. The minimum absolute atomic E-state index is 0.121. The SMILES string of the molecule is Cc1cc(C)c(CNC(=O)c2cc(Br)cc(NC(=O)C(C)C)c2C)c(=O)[nH]1. The van der Waals surface area contributed by atoms with Crippen molar-refractivity contribution in [3.63, 3.8) is 0 Å². The molecular formula is C20H24BrN3O3. The lowest BCUT2D eigenvalue weighted by Crippen LogP contribution is -2.28. The predicted molar refractivity (Wildman–Crippen MR) is 110 cm³/mol. The minimum Gasteiger partial charge on any atom is -0.348 e. The van der Waals surface area contributed by atoms with Crippen LogP contribution in [0.2, 0.25) is 0 Å². The number of carbonyl (C=O) groups excluding carboxylic acids is 2. The number of hydrogen-bond acceptors (Lipinski definition) is 3. The van der Waals surface area contributed by atoms with Crippen molar-refractivity contribution in [2.24, 2.45) is 5.92 Å². The topological polar surface area (TPSA) is 91.1 Å². The molecule has 0 aliphatic carbocycles. The molecule has 6 nitrogen and oxygen atoms in total. The van der Waals surface area contributed by atoms with Gasteiger partial charge in [0.15, 0.2) is 0 Å². The van der Waals surface area contributed by atoms with Gasteiger partial charge >= 0.3 is 0 Å². The summed E-state index contributed by atoms with van der Waals surface area (Å²) in [5.41, 5.74) is 3.60. The summed E-state index contributed by atoms with van der Waals surface area (Å²) in [6.45, 7) is 9.17. The molecule has 0 saturated carbocycles. The number of carbonyl (C=O) groups is 2. The van der Waals surface area contributed by atoms with Crippen LogP contribution in [-0.4, -0.2) is 16.8 Å². The average molecular weight is 434 g/mol. The van der Waals surface area contributed by atoms with Crippen LogP contribution < -0.4 is 16.2 Å². The lowest BCUT2D eigenvalue weighted by atomic mass is 10.0. The van der Waals surface area contributed by atoms with Crippen molar-refractivity contribution in [2.45, 2.75) is 41.2 Å². The van der Waals surface area contributed by atoms with E-state index in [9.17, 15) is 14.4 Å². The summed E-state index contributed by atoms with van der Waals surface area (Å²) in [5.74, 6) is -0.602. The van der Waals surface area contributed by atoms with E-state index in [-0.39, 0.29) is 29.8 Å². The van der Waals surface area contributed by atoms with Crippen LogP contribution in [0.1, 0.15) is 46.6 Å². The van der Waals surface area contributed by atoms with E-state index in [4.69, 9.17) is 0 Å². The number of hydrogen-bond donors (Lipinski definition) is 3. The van der Waals surface area contributed by atoms with Crippen LogP contribution in [0.3, 0.4) is 0 Å². The van der Waals surface area contributed by atoms with Gasteiger partial charge < -0.3 is 15.6 Å². The molecule has 2 aromatic rings. The molecule has 3 N–H and O–H groups in total. The maximum Gasteiger partial charge on any atom is 0.253 e. The number of amides is 2. The first-order valence-corrected chi connectivity index (χ1v) is 9.48. The van der Waals surface area contributed by atoms with Crippen LogP contribution in [0.5, 0.6) is 0 Å². The molecule has 0 fully saturated rings. The Bertz CT molecular complexity index is 948. The quantitative estimate of drug-likeness (QED) is 0.672. The van der Waals surface area contributed by atoms with E-state index >= 15 is 0 Å². The molecule has 0 radical (unpaired) electrons. The van der Waals surface area contributed by atoms with Crippen LogP contribution in [0.15, 0.2) is 27.5 Å². The number of aryl methyl sites for hydroxylation is 2. The first-order chi connectivity index (χ1) is 12.6. The van der Waals surface area contributed by atoms with Gasteiger partial charge in [-0.2, -0.15) is 0 Å². The highest BCUT2D eigenvalue weighted by molar-refractivity contribution is 9.10. The second-order valence-corrected chi connectivity index (χ2v) is 7.81. The molecule has 1 heterocycles. The van der Waals surface area contributed by atoms with Crippen LogP contribution in [-0.2, 0) is 11.3 Å². The summed E-state index contributed by atoms with van der Waals surface area (Å²) in [7, 11) is 0. The average Bonchev–Trinajstić information content (AvgIpc) is 2.56. The monoisotopic (exact) mass is 433 g/mol. The Hall–Kier alpha value is -2.41. The highest BCUT2D eigenvalue weighted by Gasteiger charge is 2.17. The first kappa shape index (κ1) is 20.9. The summed E-state index contributed by atoms with van der Waals surface area (Å²) >= 11 is 3.38. The third kappa shape index (κ3) is 5.07. The molecule has 0 spiro atoms. The predicted octanol–water partition coefficient (Wildman–Crippen LogP) is 3.59. The second-order valence-electron chi connectivity index (χ2n) is 6.90. The smallest absolute Gasteiger partial charge is 0.253 e. The van der Waals surface area contributed by atoms with Gasteiger partial charge in [0.05, 0.1) is 0 Å². The molecule has 0 bridgehead atoms. The van der Waals surface area contributed by atoms with Gasteiger partial charge in [0.1, 0.15) is 0 Å². The summed E-state index contributed by atoms with van der Waals surface area (Å²) in [4.78, 5) is 39.6. The number of pyridine rings is 1. The third-order valence-electron chi connectivity index (χ3n) is 4.32. The van der Waals surface area contributed by atoms with E-state index in [0.29, 0.717) is 26.9 Å². The van der Waals surface area contributed by atoms with Gasteiger partial charge in [-0.25, -0.2) is 0 Å². The summed E-state index contributed by atoms with van der Waals surface area (Å²) < 4.78 is 0.682. The van der Waals surface area contributed by atoms with Crippen molar-refractivity contribution < 1.29 is 9.59 Å². The standard InChI is InChI=1S/C20H24BrN3O3/c1-10(2)18(25)24-17-8-14(21)7-15(13(17)5)19(26)22-9-16-11(3)6-12(4)23-20(16)27/h6-8,10H,9H2,1-5H3,(H,22,26)(H,23,27)(H,24,25). The van der Waals surface area contributed by atoms with Gasteiger partial charge in [0, 0.05) is 39.4 Å². The highest BCUT2D eigenvalue weighted by Crippen LogP contribution is 2.26. The van der Waals surface area contributed by atoms with Crippen LogP contribution in [0.4, 0.5) is 5.69 Å². The van der Waals surface area contributed by atoms with Crippen molar-refractivity contribution in [2.75, 3.05) is 5.32 Å². The Morgan fingerprint density at radius 1 is 1.15 bits per heavy atom. The van der Waals surface area contributed by atoms with Crippen LogP contribution >= 0.6 is 15.9 Å². The van der Waals surface area contributed by atoms with E-state index < -0.39 is 0 Å². The molecule has 0 aliphatic heterocycles. The Labute approximate surface area is 166 Å². The fourth-order valence-corrected chi connectivity index (χ4v) is 3.14. The molecule has 0 saturated heterocycles. The number of H-pyrrole nitrogens is 1. The van der Waals surface area contributed by atoms with Crippen LogP contribution in [0.25, 0.3) is 0 Å². The second kappa shape index (κ2) is 8.52. The van der Waals surface area contributed by atoms with E-state index in [2.05, 4.69) is 31.5 Å². The number of anilines is 1. The molecular weight excluding hydrogens is 410 g/mol. The Morgan fingerprint density at radius 3 is 2.41 bits per heavy atom. The maximum atomic E-state index is 12.7. The van der Waals surface area contributed by atoms with E-state index in [1.165, 1.54) is 0 Å². The van der Waals surface area contributed by atoms with Gasteiger partial charge in [0.2, 0.25) is 5.91 Å². The number of rotatable bonds is 5. The van der Waals surface area contributed by atoms with Gasteiger partial charge in [0.25, 0.3) is 11.5 Å². The Morgan fingerprint density at radius 2 is 1.81 bits per heavy atom. The maximum absolute atomic E-state index is 12.7. The van der Waals surface area contributed by atoms with Crippen molar-refractivity contribution in [3.8, 4) is 0 Å². The fraction of sp³-hybridized carbons (Fsp3) is 0.350. The van der Waals surface area contributed by atoms with Crippen molar-refractivity contribution in [3.05, 3.63) is 61.0 Å². The van der Waals surface area contributed by atoms with Gasteiger partial charge in [-0.1, -0.05) is 29.8 Å². The van der Waals surface area contributed by atoms with E-state index in [1.807, 2.05) is 19.9 Å². The lowest BCUT2D eigenvalue weighted by Gasteiger charge is -2.15. The zero-order valence-corrected chi connectivity index (χ0v) is 17.7. The van der Waals surface area contributed by atoms with E-state index in [1.54, 1.807) is 32.9 Å². The number of aromatic nitrogens is 1. The van der Waals surface area contributed by atoms with Gasteiger partial charge in [-0.05, 0) is 50.1 Å². The zero-order chi connectivity index (χ0) is 20.3. The van der Waals surface area contributed by atoms with Gasteiger partial charge in [-0.3, -0.25) is 14.4 Å². The first-order valence-electron chi connectivity index (χ1n) is 8.68. The Balaban J connectivity index is 2.25. The zero-order valence-electron chi connectivity index (χ0n) is 16.1. The molecule has 0 atom stereocenters. The fourth-order valence-electron chi connectivity index (χ4n) is 2.69. The molecule has 0 aliphatic rings. The largest absolute Gasteiger partial charge is 0.348 e. The molecule has 0 unspecified atom stereocenters. The molecule has 1 aromatic carbocycles. The highest BCUT2D eigenvalue weighted by atomic mass is 79.9. The number of nitrogens with one attached hydrogen (secondary N) is 3. The van der Waals surface area contributed by atoms with Crippen LogP contribution in [0, 0.1) is 26.7 Å². The molecule has 2 amide bonds. The number of aromatic amines is 1. The normalized spacial score (nSPS) is 10.8. The summed E-state index contributed by atoms with van der Waals surface area (Å²) in [6, 6.07) is 5.33. The summed E-state index contributed by atoms with van der Waals surface area (Å²) in [6.07, 6.45) is 0. The molecule has 7 heteroatoms. The molecule has 27 heavy (non-hydrogen) atoms. The lowest BCUT2D eigenvalue weighted by molar-refractivity contribution is -0.118. The van der Waals surface area contributed by atoms with Crippen molar-refractivity contribution in [1.82, 2.24) is 10.3 Å². The van der Waals surface area contributed by atoms with Gasteiger partial charge in [-0.15, -0.1) is 0 Å². The molecule has 1 aromatic heterocycles. The van der Waals surface area contributed by atoms with E-state index in [0.717, 1.165) is 11.3 Å². The minimum atomic E-state index is -0.312. The third-order valence-corrected chi connectivity index (χ3v) is 4.78. The molecule has 2 rings (SSSR count). The van der Waals surface area contributed by atoms with Crippen molar-refractivity contribution >= 4 is 33.4 Å².